The third-order valence-corrected chi connectivity index (χ3v) is 4.47. The average Bonchev–Trinajstić information content (AvgIpc) is 2.35. The number of pyridine rings is 1. The summed E-state index contributed by atoms with van der Waals surface area (Å²) in [5.74, 6) is -0.813. The molecule has 0 aromatic carbocycles. The average molecular weight is 312 g/mol. The van der Waals surface area contributed by atoms with Gasteiger partial charge in [-0.05, 0) is 24.0 Å². The number of anilines is 1. The van der Waals surface area contributed by atoms with E-state index in [1.54, 1.807) is 31.5 Å². The smallest absolute Gasteiger partial charge is 0.242 e. The van der Waals surface area contributed by atoms with Crippen molar-refractivity contribution < 1.29 is 13.2 Å². The van der Waals surface area contributed by atoms with Gasteiger partial charge in [-0.2, -0.15) is 0 Å². The van der Waals surface area contributed by atoms with Crippen LogP contribution in [0.5, 0.6) is 0 Å². The van der Waals surface area contributed by atoms with E-state index in [0.29, 0.717) is 18.7 Å². The topological polar surface area (TPSA) is 67.3 Å². The minimum Gasteiger partial charge on any atom is -0.309 e. The summed E-state index contributed by atoms with van der Waals surface area (Å²) in [6, 6.07) is 3.50. The minimum atomic E-state index is -3.35. The SMILES string of the molecule is CCCS(=O)(=O)CC(=O)N(CC(C)(C)C)c1cccnc1. The summed E-state index contributed by atoms with van der Waals surface area (Å²) in [6.45, 7) is 8.24. The Morgan fingerprint density at radius 1 is 1.33 bits per heavy atom. The number of sulfone groups is 1. The van der Waals surface area contributed by atoms with Crippen LogP contribution in [0.25, 0.3) is 0 Å². The van der Waals surface area contributed by atoms with Crippen LogP contribution in [0.1, 0.15) is 34.1 Å². The lowest BCUT2D eigenvalue weighted by atomic mass is 9.96. The molecule has 0 saturated carbocycles. The zero-order chi connectivity index (χ0) is 16.1. The van der Waals surface area contributed by atoms with Crippen molar-refractivity contribution in [2.45, 2.75) is 34.1 Å². The van der Waals surface area contributed by atoms with Crippen molar-refractivity contribution in [1.29, 1.82) is 0 Å². The van der Waals surface area contributed by atoms with Crippen molar-refractivity contribution >= 4 is 21.4 Å². The first-order valence-electron chi connectivity index (χ1n) is 7.05. The largest absolute Gasteiger partial charge is 0.309 e. The molecule has 1 heterocycles. The molecule has 0 atom stereocenters. The van der Waals surface area contributed by atoms with Gasteiger partial charge in [-0.15, -0.1) is 0 Å². The van der Waals surface area contributed by atoms with Crippen molar-refractivity contribution in [3.8, 4) is 0 Å². The van der Waals surface area contributed by atoms with Crippen LogP contribution in [0.3, 0.4) is 0 Å². The molecule has 5 nitrogen and oxygen atoms in total. The van der Waals surface area contributed by atoms with Gasteiger partial charge in [0.05, 0.1) is 17.6 Å². The van der Waals surface area contributed by atoms with Crippen molar-refractivity contribution in [3.05, 3.63) is 24.5 Å². The van der Waals surface area contributed by atoms with E-state index in [1.807, 2.05) is 20.8 Å². The molecule has 1 aromatic heterocycles. The van der Waals surface area contributed by atoms with E-state index < -0.39 is 21.5 Å². The molecular weight excluding hydrogens is 288 g/mol. The minimum absolute atomic E-state index is 0.0368. The summed E-state index contributed by atoms with van der Waals surface area (Å²) < 4.78 is 23.8. The van der Waals surface area contributed by atoms with Crippen molar-refractivity contribution in [2.75, 3.05) is 23.0 Å². The summed E-state index contributed by atoms with van der Waals surface area (Å²) >= 11 is 0. The van der Waals surface area contributed by atoms with E-state index >= 15 is 0 Å². The number of rotatable bonds is 6. The Morgan fingerprint density at radius 3 is 2.48 bits per heavy atom. The molecule has 1 aromatic rings. The highest BCUT2D eigenvalue weighted by Gasteiger charge is 2.26. The van der Waals surface area contributed by atoms with Crippen LogP contribution in [-0.2, 0) is 14.6 Å². The summed E-state index contributed by atoms with van der Waals surface area (Å²) in [4.78, 5) is 18.0. The Bertz CT molecular complexity index is 562. The van der Waals surface area contributed by atoms with Crippen molar-refractivity contribution in [2.24, 2.45) is 5.41 Å². The molecule has 0 spiro atoms. The van der Waals surface area contributed by atoms with Crippen molar-refractivity contribution in [3.63, 3.8) is 0 Å². The van der Waals surface area contributed by atoms with Gasteiger partial charge in [0.15, 0.2) is 9.84 Å². The van der Waals surface area contributed by atoms with Crippen LogP contribution in [0.15, 0.2) is 24.5 Å². The van der Waals surface area contributed by atoms with Gasteiger partial charge in [0, 0.05) is 12.7 Å². The second kappa shape index (κ2) is 7.02. The molecule has 0 bridgehead atoms. The summed E-state index contributed by atoms with van der Waals surface area (Å²) in [6.07, 6.45) is 3.72. The van der Waals surface area contributed by atoms with Gasteiger partial charge in [-0.3, -0.25) is 9.78 Å². The third kappa shape index (κ3) is 6.25. The lowest BCUT2D eigenvalue weighted by Crippen LogP contribution is -2.41. The molecule has 0 unspecified atom stereocenters. The standard InChI is InChI=1S/C15H24N2O3S/c1-5-9-21(19,20)11-14(18)17(12-15(2,3)4)13-7-6-8-16-10-13/h6-8,10H,5,9,11-12H2,1-4H3. The monoisotopic (exact) mass is 312 g/mol. The first-order chi connectivity index (χ1) is 9.64. The Kier molecular flexibility index (Phi) is 5.89. The zero-order valence-electron chi connectivity index (χ0n) is 13.2. The molecule has 0 radical (unpaired) electrons. The molecule has 21 heavy (non-hydrogen) atoms. The van der Waals surface area contributed by atoms with Crippen LogP contribution in [0.4, 0.5) is 5.69 Å². The fourth-order valence-corrected chi connectivity index (χ4v) is 3.26. The molecule has 0 N–H and O–H groups in total. The molecule has 0 saturated heterocycles. The molecule has 1 amide bonds. The highest BCUT2D eigenvalue weighted by atomic mass is 32.2. The summed E-state index contributed by atoms with van der Waals surface area (Å²) in [5.41, 5.74) is 0.490. The number of carbonyl (C=O) groups is 1. The first kappa shape index (κ1) is 17.6. The lowest BCUT2D eigenvalue weighted by Gasteiger charge is -2.29. The first-order valence-corrected chi connectivity index (χ1v) is 8.87. The molecule has 0 fully saturated rings. The predicted molar refractivity (Wildman–Crippen MR) is 85.0 cm³/mol. The van der Waals surface area contributed by atoms with Gasteiger partial charge >= 0.3 is 0 Å². The number of hydrogen-bond acceptors (Lipinski definition) is 4. The predicted octanol–water partition coefficient (Wildman–Crippen LogP) is 2.29. The van der Waals surface area contributed by atoms with Gasteiger partial charge < -0.3 is 4.90 Å². The maximum Gasteiger partial charge on any atom is 0.242 e. The van der Waals surface area contributed by atoms with Gasteiger partial charge in [-0.1, -0.05) is 27.7 Å². The highest BCUT2D eigenvalue weighted by molar-refractivity contribution is 7.92. The fraction of sp³-hybridized carbons (Fsp3) is 0.600. The van der Waals surface area contributed by atoms with E-state index in [9.17, 15) is 13.2 Å². The Balaban J connectivity index is 3.00. The van der Waals surface area contributed by atoms with Crippen molar-refractivity contribution in [1.82, 2.24) is 4.98 Å². The quantitative estimate of drug-likeness (QED) is 0.808. The van der Waals surface area contributed by atoms with Gasteiger partial charge in [0.1, 0.15) is 5.75 Å². The molecule has 118 valence electrons. The van der Waals surface area contributed by atoms with E-state index in [-0.39, 0.29) is 11.2 Å². The van der Waals surface area contributed by atoms with Crippen LogP contribution >= 0.6 is 0 Å². The van der Waals surface area contributed by atoms with Crippen LogP contribution in [0, 0.1) is 5.41 Å². The normalized spacial score (nSPS) is 12.2. The maximum atomic E-state index is 12.4. The molecule has 0 aliphatic rings. The second-order valence-electron chi connectivity index (χ2n) is 6.34. The van der Waals surface area contributed by atoms with Crippen LogP contribution in [0.2, 0.25) is 0 Å². The maximum absolute atomic E-state index is 12.4. The van der Waals surface area contributed by atoms with E-state index in [4.69, 9.17) is 0 Å². The zero-order valence-corrected chi connectivity index (χ0v) is 14.0. The van der Waals surface area contributed by atoms with Gasteiger partial charge in [0.25, 0.3) is 0 Å². The summed E-state index contributed by atoms with van der Waals surface area (Å²) in [7, 11) is -3.35. The molecular formula is C15H24N2O3S. The Labute approximate surface area is 127 Å². The lowest BCUT2D eigenvalue weighted by molar-refractivity contribution is -0.116. The molecule has 0 aliphatic heterocycles. The number of nitrogens with zero attached hydrogens (tertiary/aromatic N) is 2. The van der Waals surface area contributed by atoms with E-state index in [2.05, 4.69) is 4.98 Å². The van der Waals surface area contributed by atoms with Crippen LogP contribution < -0.4 is 4.90 Å². The van der Waals surface area contributed by atoms with Gasteiger partial charge in [-0.25, -0.2) is 8.42 Å². The Hall–Kier alpha value is -1.43. The number of amides is 1. The highest BCUT2D eigenvalue weighted by Crippen LogP contribution is 2.21. The van der Waals surface area contributed by atoms with Crippen LogP contribution in [-0.4, -0.2) is 37.4 Å². The molecule has 0 aliphatic carbocycles. The van der Waals surface area contributed by atoms with E-state index in [1.165, 1.54) is 4.90 Å². The third-order valence-electron chi connectivity index (χ3n) is 2.75. The number of aromatic nitrogens is 1. The fourth-order valence-electron chi connectivity index (χ4n) is 1.96. The number of carbonyl (C=O) groups excluding carboxylic acids is 1. The Morgan fingerprint density at radius 2 is 2.00 bits per heavy atom. The summed E-state index contributed by atoms with van der Waals surface area (Å²) in [5, 5.41) is 0. The van der Waals surface area contributed by atoms with Gasteiger partial charge in [0.2, 0.25) is 5.91 Å². The molecule has 6 heteroatoms. The molecule has 1 rings (SSSR count). The number of hydrogen-bond donors (Lipinski definition) is 0. The second-order valence-corrected chi connectivity index (χ2v) is 8.53. The van der Waals surface area contributed by atoms with E-state index in [0.717, 1.165) is 0 Å².